The van der Waals surface area contributed by atoms with Crippen LogP contribution in [-0.2, 0) is 13.0 Å². The Bertz CT molecular complexity index is 547. The Morgan fingerprint density at radius 2 is 2.00 bits per heavy atom. The van der Waals surface area contributed by atoms with Crippen molar-refractivity contribution in [3.05, 3.63) is 63.9 Å². The molecule has 0 fully saturated rings. The lowest BCUT2D eigenvalue weighted by Gasteiger charge is -2.08. The highest BCUT2D eigenvalue weighted by molar-refractivity contribution is 9.10. The minimum absolute atomic E-state index is 0.0513. The Morgan fingerprint density at radius 3 is 2.74 bits per heavy atom. The maximum absolute atomic E-state index is 13.7. The summed E-state index contributed by atoms with van der Waals surface area (Å²) in [6.45, 7) is 0.770. The number of hydrogen-bond donors (Lipinski definition) is 1. The standard InChI is InChI=1S/C14H13BrF2N2/c15-12-4-5-13(16)11(14(12)17)9-18-8-6-10-3-1-2-7-19-10/h1-5,7,18H,6,8-9H2. The monoisotopic (exact) mass is 326 g/mol. The molecule has 0 aliphatic rings. The molecule has 0 amide bonds. The van der Waals surface area contributed by atoms with E-state index in [9.17, 15) is 8.78 Å². The predicted molar refractivity (Wildman–Crippen MR) is 73.7 cm³/mol. The summed E-state index contributed by atoms with van der Waals surface area (Å²) in [5.74, 6) is -1.09. The summed E-state index contributed by atoms with van der Waals surface area (Å²) in [6.07, 6.45) is 2.45. The molecule has 0 aliphatic carbocycles. The minimum Gasteiger partial charge on any atom is -0.312 e. The van der Waals surface area contributed by atoms with Crippen LogP contribution in [-0.4, -0.2) is 11.5 Å². The van der Waals surface area contributed by atoms with Gasteiger partial charge in [0.1, 0.15) is 11.6 Å². The molecule has 2 aromatic rings. The zero-order valence-electron chi connectivity index (χ0n) is 10.2. The summed E-state index contributed by atoms with van der Waals surface area (Å²) in [7, 11) is 0. The highest BCUT2D eigenvalue weighted by Crippen LogP contribution is 2.21. The number of nitrogens with zero attached hydrogens (tertiary/aromatic N) is 1. The third-order valence-corrected chi connectivity index (χ3v) is 3.34. The second-order valence-electron chi connectivity index (χ2n) is 4.07. The second-order valence-corrected chi connectivity index (χ2v) is 4.92. The van der Waals surface area contributed by atoms with Gasteiger partial charge in [0.25, 0.3) is 0 Å². The average Bonchev–Trinajstić information content (AvgIpc) is 2.43. The van der Waals surface area contributed by atoms with Gasteiger partial charge in [-0.25, -0.2) is 8.78 Å². The molecule has 1 N–H and O–H groups in total. The van der Waals surface area contributed by atoms with Crippen molar-refractivity contribution in [3.8, 4) is 0 Å². The van der Waals surface area contributed by atoms with Gasteiger partial charge in [-0.05, 0) is 40.2 Å². The Morgan fingerprint density at radius 1 is 1.16 bits per heavy atom. The average molecular weight is 327 g/mol. The molecule has 2 nitrogen and oxygen atoms in total. The molecule has 0 unspecified atom stereocenters. The molecule has 19 heavy (non-hydrogen) atoms. The summed E-state index contributed by atoms with van der Waals surface area (Å²) < 4.78 is 27.4. The summed E-state index contributed by atoms with van der Waals surface area (Å²) in [6, 6.07) is 8.30. The molecule has 1 heterocycles. The molecular weight excluding hydrogens is 314 g/mol. The molecule has 0 aliphatic heterocycles. The summed E-state index contributed by atoms with van der Waals surface area (Å²) in [4.78, 5) is 4.18. The van der Waals surface area contributed by atoms with E-state index in [-0.39, 0.29) is 16.6 Å². The Balaban J connectivity index is 1.88. The molecule has 1 aromatic heterocycles. The van der Waals surface area contributed by atoms with Gasteiger partial charge < -0.3 is 5.32 Å². The smallest absolute Gasteiger partial charge is 0.144 e. The van der Waals surface area contributed by atoms with Crippen LogP contribution in [0.5, 0.6) is 0 Å². The van der Waals surface area contributed by atoms with Crippen LogP contribution in [0.15, 0.2) is 41.0 Å². The molecule has 5 heteroatoms. The third-order valence-electron chi connectivity index (χ3n) is 2.72. The first-order valence-corrected chi connectivity index (χ1v) is 6.71. The van der Waals surface area contributed by atoms with Crippen LogP contribution in [0.3, 0.4) is 0 Å². The van der Waals surface area contributed by atoms with Crippen molar-refractivity contribution in [2.45, 2.75) is 13.0 Å². The summed E-state index contributed by atoms with van der Waals surface area (Å²) >= 11 is 3.05. The van der Waals surface area contributed by atoms with E-state index >= 15 is 0 Å². The van der Waals surface area contributed by atoms with Crippen LogP contribution in [0.1, 0.15) is 11.3 Å². The Labute approximate surface area is 119 Å². The van der Waals surface area contributed by atoms with Gasteiger partial charge in [-0.3, -0.25) is 4.98 Å². The number of benzene rings is 1. The molecule has 2 rings (SSSR count). The largest absolute Gasteiger partial charge is 0.312 e. The number of nitrogens with one attached hydrogen (secondary N) is 1. The van der Waals surface area contributed by atoms with E-state index in [1.807, 2.05) is 18.2 Å². The van der Waals surface area contributed by atoms with Crippen molar-refractivity contribution in [3.63, 3.8) is 0 Å². The third kappa shape index (κ3) is 3.81. The highest BCUT2D eigenvalue weighted by Gasteiger charge is 2.11. The molecule has 0 spiro atoms. The van der Waals surface area contributed by atoms with Gasteiger partial charge in [0.2, 0.25) is 0 Å². The van der Waals surface area contributed by atoms with E-state index in [0.29, 0.717) is 6.54 Å². The highest BCUT2D eigenvalue weighted by atomic mass is 79.9. The summed E-state index contributed by atoms with van der Waals surface area (Å²) in [5.41, 5.74) is 1.00. The molecular formula is C14H13BrF2N2. The Hall–Kier alpha value is -1.33. The maximum Gasteiger partial charge on any atom is 0.144 e. The fourth-order valence-corrected chi connectivity index (χ4v) is 2.08. The van der Waals surface area contributed by atoms with Gasteiger partial charge in [-0.1, -0.05) is 6.07 Å². The maximum atomic E-state index is 13.7. The summed E-state index contributed by atoms with van der Waals surface area (Å²) in [5, 5.41) is 3.02. The van der Waals surface area contributed by atoms with Gasteiger partial charge in [0, 0.05) is 37.0 Å². The number of halogens is 3. The first-order chi connectivity index (χ1) is 9.18. The quantitative estimate of drug-likeness (QED) is 0.672. The van der Waals surface area contributed by atoms with Crippen LogP contribution in [0.4, 0.5) is 8.78 Å². The minimum atomic E-state index is -0.551. The van der Waals surface area contributed by atoms with Gasteiger partial charge >= 0.3 is 0 Å². The fraction of sp³-hybridized carbons (Fsp3) is 0.214. The molecule has 0 atom stereocenters. The lowest BCUT2D eigenvalue weighted by Crippen LogP contribution is -2.19. The number of hydrogen-bond acceptors (Lipinski definition) is 2. The zero-order valence-corrected chi connectivity index (χ0v) is 11.8. The van der Waals surface area contributed by atoms with Crippen LogP contribution < -0.4 is 5.32 Å². The molecule has 100 valence electrons. The van der Waals surface area contributed by atoms with Gasteiger partial charge in [-0.2, -0.15) is 0 Å². The van der Waals surface area contributed by atoms with Crippen molar-refractivity contribution in [1.29, 1.82) is 0 Å². The zero-order chi connectivity index (χ0) is 13.7. The van der Waals surface area contributed by atoms with Crippen LogP contribution >= 0.6 is 15.9 Å². The van der Waals surface area contributed by atoms with Crippen LogP contribution in [0.25, 0.3) is 0 Å². The van der Waals surface area contributed by atoms with Crippen molar-refractivity contribution in [2.24, 2.45) is 0 Å². The molecule has 0 saturated carbocycles. The lowest BCUT2D eigenvalue weighted by molar-refractivity contribution is 0.532. The number of pyridine rings is 1. The second kappa shape index (κ2) is 6.73. The van der Waals surface area contributed by atoms with Gasteiger partial charge in [0.05, 0.1) is 4.47 Å². The number of aromatic nitrogens is 1. The van der Waals surface area contributed by atoms with Crippen LogP contribution in [0.2, 0.25) is 0 Å². The van der Waals surface area contributed by atoms with Gasteiger partial charge in [0.15, 0.2) is 0 Å². The number of rotatable bonds is 5. The van der Waals surface area contributed by atoms with Crippen molar-refractivity contribution in [2.75, 3.05) is 6.54 Å². The van der Waals surface area contributed by atoms with E-state index in [2.05, 4.69) is 26.2 Å². The van der Waals surface area contributed by atoms with Crippen molar-refractivity contribution < 1.29 is 8.78 Å². The Kier molecular flexibility index (Phi) is 4.99. The molecule has 0 bridgehead atoms. The van der Waals surface area contributed by atoms with Crippen LogP contribution in [0, 0.1) is 11.6 Å². The van der Waals surface area contributed by atoms with Crippen molar-refractivity contribution >= 4 is 15.9 Å². The lowest BCUT2D eigenvalue weighted by atomic mass is 10.2. The van der Waals surface area contributed by atoms with E-state index in [4.69, 9.17) is 0 Å². The van der Waals surface area contributed by atoms with Gasteiger partial charge in [-0.15, -0.1) is 0 Å². The molecule has 0 radical (unpaired) electrons. The normalized spacial score (nSPS) is 10.7. The molecule has 1 aromatic carbocycles. The van der Waals surface area contributed by atoms with E-state index in [1.165, 1.54) is 12.1 Å². The topological polar surface area (TPSA) is 24.9 Å². The SMILES string of the molecule is Fc1ccc(Br)c(F)c1CNCCc1ccccn1. The van der Waals surface area contributed by atoms with E-state index in [1.54, 1.807) is 6.20 Å². The fourth-order valence-electron chi connectivity index (χ4n) is 1.71. The predicted octanol–water partition coefficient (Wildman–Crippen LogP) is 3.45. The first-order valence-electron chi connectivity index (χ1n) is 5.91. The van der Waals surface area contributed by atoms with E-state index < -0.39 is 11.6 Å². The molecule has 0 saturated heterocycles. The van der Waals surface area contributed by atoms with E-state index in [0.717, 1.165) is 12.1 Å². The first kappa shape index (κ1) is 14.1. The van der Waals surface area contributed by atoms with Crippen molar-refractivity contribution in [1.82, 2.24) is 10.3 Å².